The van der Waals surface area contributed by atoms with E-state index < -0.39 is 35.8 Å². The van der Waals surface area contributed by atoms with Gasteiger partial charge in [-0.15, -0.1) is 0 Å². The van der Waals surface area contributed by atoms with Gasteiger partial charge in [0.2, 0.25) is 0 Å². The maximum absolute atomic E-state index is 12.5. The Morgan fingerprint density at radius 3 is 2.51 bits per heavy atom. The highest BCUT2D eigenvalue weighted by atomic mass is 16.6. The second-order valence-electron chi connectivity index (χ2n) is 9.02. The average molecular weight is 483 g/mol. The number of methoxy groups -OCH3 is 1. The van der Waals surface area contributed by atoms with Crippen molar-refractivity contribution in [2.24, 2.45) is 0 Å². The summed E-state index contributed by atoms with van der Waals surface area (Å²) in [4.78, 5) is 40.5. The van der Waals surface area contributed by atoms with Gasteiger partial charge in [0.1, 0.15) is 11.6 Å². The molecule has 1 aliphatic heterocycles. The van der Waals surface area contributed by atoms with E-state index in [9.17, 15) is 19.5 Å². The molecule has 10 heteroatoms. The first-order valence-electron chi connectivity index (χ1n) is 11.1. The summed E-state index contributed by atoms with van der Waals surface area (Å²) in [6.45, 7) is 5.35. The largest absolute Gasteiger partial charge is 0.480 e. The van der Waals surface area contributed by atoms with Gasteiger partial charge in [0.15, 0.2) is 0 Å². The molecule has 1 aromatic heterocycles. The van der Waals surface area contributed by atoms with E-state index in [-0.39, 0.29) is 6.42 Å². The Kier molecular flexibility index (Phi) is 7.95. The number of amides is 2. The number of carbonyl (C=O) groups is 3. The number of fused-ring (bicyclic) bond motifs is 4. The van der Waals surface area contributed by atoms with Crippen molar-refractivity contribution in [3.63, 3.8) is 0 Å². The summed E-state index contributed by atoms with van der Waals surface area (Å²) < 4.78 is 10.1. The highest BCUT2D eigenvalue weighted by molar-refractivity contribution is 5.89. The van der Waals surface area contributed by atoms with Crippen molar-refractivity contribution < 1.29 is 29.0 Å². The molecular weight excluding hydrogens is 452 g/mol. The molecule has 2 atom stereocenters. The summed E-state index contributed by atoms with van der Waals surface area (Å²) in [6.07, 6.45) is 4.57. The van der Waals surface area contributed by atoms with Crippen molar-refractivity contribution in [1.29, 1.82) is 0 Å². The zero-order chi connectivity index (χ0) is 25.6. The van der Waals surface area contributed by atoms with E-state index in [2.05, 4.69) is 25.7 Å². The number of benzene rings is 1. The number of hydrogen-bond donors (Lipinski definition) is 4. The summed E-state index contributed by atoms with van der Waals surface area (Å²) in [5.74, 6) is -1.03. The van der Waals surface area contributed by atoms with Crippen LogP contribution in [0.2, 0.25) is 0 Å². The van der Waals surface area contributed by atoms with Crippen molar-refractivity contribution in [3.05, 3.63) is 54.4 Å². The van der Waals surface area contributed by atoms with E-state index in [4.69, 9.17) is 4.74 Å². The second-order valence-corrected chi connectivity index (χ2v) is 9.02. The van der Waals surface area contributed by atoms with Gasteiger partial charge in [-0.25, -0.2) is 14.4 Å². The molecule has 35 heavy (non-hydrogen) atoms. The number of nitrogens with one attached hydrogen (secondary N) is 3. The molecule has 3 rings (SSSR count). The van der Waals surface area contributed by atoms with Crippen LogP contribution in [0.4, 0.5) is 21.0 Å². The van der Waals surface area contributed by atoms with Gasteiger partial charge in [-0.2, -0.15) is 0 Å². The standard InChI is InChI=1S/C25H30N4O6/c1-25(2,3)35-24(33)29-18-7-5-6-8-19(22(30)31)28-20-14-16(27-23(32)34-4)9-10-17(20)15-11-12-26-21(18)13-15/h5-6,9-14,18-19,28H,7-8H2,1-4H3,(H,27,32)(H,29,33)(H,30,31)/b6-5+/t18-,19?/m0/s1. The lowest BCUT2D eigenvalue weighted by Crippen LogP contribution is -2.35. The van der Waals surface area contributed by atoms with Crippen molar-refractivity contribution in [3.8, 4) is 11.1 Å². The average Bonchev–Trinajstić information content (AvgIpc) is 2.78. The molecule has 2 bridgehead atoms. The first kappa shape index (κ1) is 25.5. The van der Waals surface area contributed by atoms with Crippen LogP contribution in [0.5, 0.6) is 0 Å². The zero-order valence-electron chi connectivity index (χ0n) is 20.1. The Morgan fingerprint density at radius 2 is 1.83 bits per heavy atom. The van der Waals surface area contributed by atoms with E-state index in [1.165, 1.54) is 7.11 Å². The number of ether oxygens (including phenoxy) is 2. The summed E-state index contributed by atoms with van der Waals surface area (Å²) in [5.41, 5.74) is 2.37. The SMILES string of the molecule is COC(=O)Nc1ccc2c(c1)NC(C(=O)O)C/C=C/C[C@H](NC(=O)OC(C)(C)C)c1cc-2ccn1. The van der Waals surface area contributed by atoms with Crippen LogP contribution in [0, 0.1) is 0 Å². The second kappa shape index (κ2) is 10.9. The molecule has 0 saturated carbocycles. The predicted molar refractivity (Wildman–Crippen MR) is 131 cm³/mol. The molecule has 1 aromatic carbocycles. The summed E-state index contributed by atoms with van der Waals surface area (Å²) in [5, 5.41) is 18.3. The molecule has 0 aliphatic carbocycles. The van der Waals surface area contributed by atoms with Crippen LogP contribution in [0.1, 0.15) is 45.3 Å². The Bertz CT molecular complexity index is 1130. The summed E-state index contributed by atoms with van der Waals surface area (Å²) >= 11 is 0. The number of carboxylic acids is 1. The molecule has 0 saturated heterocycles. The number of rotatable bonds is 3. The molecule has 1 unspecified atom stereocenters. The van der Waals surface area contributed by atoms with Gasteiger partial charge in [-0.1, -0.05) is 18.2 Å². The number of pyridine rings is 1. The van der Waals surface area contributed by atoms with Crippen LogP contribution in [-0.2, 0) is 14.3 Å². The lowest BCUT2D eigenvalue weighted by Gasteiger charge is -2.24. The minimum Gasteiger partial charge on any atom is -0.480 e. The van der Waals surface area contributed by atoms with Gasteiger partial charge in [0.05, 0.1) is 18.8 Å². The molecular formula is C25H30N4O6. The quantitative estimate of drug-likeness (QED) is 0.462. The maximum atomic E-state index is 12.5. The van der Waals surface area contributed by atoms with Gasteiger partial charge >= 0.3 is 18.2 Å². The highest BCUT2D eigenvalue weighted by Crippen LogP contribution is 2.33. The number of alkyl carbamates (subject to hydrolysis) is 1. The van der Waals surface area contributed by atoms with Gasteiger partial charge in [0.25, 0.3) is 0 Å². The predicted octanol–water partition coefficient (Wildman–Crippen LogP) is 4.71. The Morgan fingerprint density at radius 1 is 1.09 bits per heavy atom. The van der Waals surface area contributed by atoms with Crippen molar-refractivity contribution in [1.82, 2.24) is 10.3 Å². The third-order valence-corrected chi connectivity index (χ3v) is 5.13. The Labute approximate surface area is 203 Å². The van der Waals surface area contributed by atoms with Crippen LogP contribution in [0.3, 0.4) is 0 Å². The van der Waals surface area contributed by atoms with Gasteiger partial charge < -0.3 is 25.2 Å². The molecule has 186 valence electrons. The molecule has 0 spiro atoms. The lowest BCUT2D eigenvalue weighted by atomic mass is 9.99. The molecule has 2 heterocycles. The number of aliphatic carboxylic acids is 1. The number of anilines is 2. The number of hydrogen-bond acceptors (Lipinski definition) is 7. The van der Waals surface area contributed by atoms with Gasteiger partial charge in [-0.05, 0) is 63.4 Å². The summed E-state index contributed by atoms with van der Waals surface area (Å²) in [6, 6.07) is 7.32. The molecule has 2 aromatic rings. The fraction of sp³-hybridized carbons (Fsp3) is 0.360. The topological polar surface area (TPSA) is 139 Å². The van der Waals surface area contributed by atoms with Crippen LogP contribution in [0.25, 0.3) is 11.1 Å². The van der Waals surface area contributed by atoms with E-state index in [0.717, 1.165) is 5.56 Å². The van der Waals surface area contributed by atoms with Crippen molar-refractivity contribution in [2.75, 3.05) is 17.7 Å². The van der Waals surface area contributed by atoms with Gasteiger partial charge in [0, 0.05) is 23.1 Å². The number of nitrogens with zero attached hydrogens (tertiary/aromatic N) is 1. The Hall–Kier alpha value is -4.08. The molecule has 4 N–H and O–H groups in total. The van der Waals surface area contributed by atoms with Crippen molar-refractivity contribution >= 4 is 29.5 Å². The van der Waals surface area contributed by atoms with Gasteiger partial charge in [-0.3, -0.25) is 10.3 Å². The van der Waals surface area contributed by atoms with E-state index in [1.807, 2.05) is 12.1 Å². The first-order chi connectivity index (χ1) is 16.6. The third-order valence-electron chi connectivity index (χ3n) is 5.13. The first-order valence-corrected chi connectivity index (χ1v) is 11.1. The van der Waals surface area contributed by atoms with Crippen LogP contribution in [-0.4, -0.2) is 47.0 Å². The van der Waals surface area contributed by atoms with E-state index in [1.54, 1.807) is 57.3 Å². The van der Waals surface area contributed by atoms with E-state index in [0.29, 0.717) is 29.1 Å². The van der Waals surface area contributed by atoms with Crippen LogP contribution >= 0.6 is 0 Å². The normalized spacial score (nSPS) is 18.4. The number of carbonyl (C=O) groups excluding carboxylic acids is 2. The van der Waals surface area contributed by atoms with Crippen molar-refractivity contribution in [2.45, 2.75) is 51.3 Å². The highest BCUT2D eigenvalue weighted by Gasteiger charge is 2.23. The smallest absolute Gasteiger partial charge is 0.411 e. The minimum atomic E-state index is -1.03. The lowest BCUT2D eigenvalue weighted by molar-refractivity contribution is -0.137. The summed E-state index contributed by atoms with van der Waals surface area (Å²) in [7, 11) is 1.26. The monoisotopic (exact) mass is 482 g/mol. The van der Waals surface area contributed by atoms with Crippen LogP contribution in [0.15, 0.2) is 48.7 Å². The molecule has 1 aliphatic rings. The molecule has 2 amide bonds. The maximum Gasteiger partial charge on any atom is 0.411 e. The molecule has 0 fully saturated rings. The van der Waals surface area contributed by atoms with Crippen LogP contribution < -0.4 is 16.0 Å². The number of carboxylic acid groups (broad SMARTS) is 1. The van der Waals surface area contributed by atoms with E-state index >= 15 is 0 Å². The number of aromatic nitrogens is 1. The molecule has 10 nitrogen and oxygen atoms in total. The minimum absolute atomic E-state index is 0.198. The fourth-order valence-corrected chi connectivity index (χ4v) is 3.55. The molecule has 0 radical (unpaired) electrons. The third kappa shape index (κ3) is 7.20. The zero-order valence-corrected chi connectivity index (χ0v) is 20.1. The fourth-order valence-electron chi connectivity index (χ4n) is 3.55. The Balaban J connectivity index is 2.05.